The molecule has 0 aliphatic heterocycles. The molecule has 3 rings (SSSR count). The minimum atomic E-state index is -1.25. The van der Waals surface area contributed by atoms with E-state index in [1.165, 1.54) is 12.1 Å². The van der Waals surface area contributed by atoms with E-state index in [4.69, 9.17) is 11.2 Å². The van der Waals surface area contributed by atoms with Crippen LogP contribution in [0.2, 0.25) is 0 Å². The van der Waals surface area contributed by atoms with Crippen molar-refractivity contribution < 1.29 is 20.4 Å². The Bertz CT molecular complexity index is 578. The lowest BCUT2D eigenvalue weighted by Gasteiger charge is -2.22. The quantitative estimate of drug-likeness (QED) is 0.877. The molecular formula is C17H21FO3. The third-order valence-corrected chi connectivity index (χ3v) is 4.34. The van der Waals surface area contributed by atoms with Gasteiger partial charge in [-0.1, -0.05) is 19.3 Å². The zero-order valence-electron chi connectivity index (χ0n) is 13.0. The third-order valence-electron chi connectivity index (χ3n) is 4.34. The maximum Gasteiger partial charge on any atom is 0.338 e. The molecule has 0 saturated heterocycles. The lowest BCUT2D eigenvalue weighted by Crippen LogP contribution is -2.16. The van der Waals surface area contributed by atoms with E-state index < -0.39 is 17.7 Å². The second-order valence-electron chi connectivity index (χ2n) is 6.05. The molecule has 4 heteroatoms. The minimum Gasteiger partial charge on any atom is -0.493 e. The van der Waals surface area contributed by atoms with Crippen LogP contribution in [0.3, 0.4) is 0 Å². The van der Waals surface area contributed by atoms with Gasteiger partial charge in [-0.2, -0.15) is 0 Å². The van der Waals surface area contributed by atoms with E-state index in [9.17, 15) is 9.18 Å². The summed E-state index contributed by atoms with van der Waals surface area (Å²) in [5.74, 6) is -1.94. The number of benzene rings is 1. The van der Waals surface area contributed by atoms with E-state index >= 15 is 0 Å². The highest BCUT2D eigenvalue weighted by atomic mass is 19.1. The molecule has 1 aromatic carbocycles. The average Bonchev–Trinajstić information content (AvgIpc) is 3.30. The lowest BCUT2D eigenvalue weighted by molar-refractivity contribution is 0.0691. The SMILES string of the molecule is [2H]C1(COc2cc(F)c(C(=O)O)cc2C2CC2)CCCCC1. The van der Waals surface area contributed by atoms with E-state index in [-0.39, 0.29) is 18.1 Å². The Hall–Kier alpha value is -1.58. The van der Waals surface area contributed by atoms with Crippen molar-refractivity contribution in [2.45, 2.75) is 50.9 Å². The van der Waals surface area contributed by atoms with Crippen LogP contribution in [0.5, 0.6) is 5.75 Å². The number of ether oxygens (including phenoxy) is 1. The summed E-state index contributed by atoms with van der Waals surface area (Å²) in [6.07, 6.45) is 6.81. The van der Waals surface area contributed by atoms with E-state index in [1.807, 2.05) is 0 Å². The fourth-order valence-corrected chi connectivity index (χ4v) is 2.95. The average molecular weight is 293 g/mol. The number of aromatic carboxylic acids is 1. The zero-order chi connectivity index (χ0) is 15.7. The van der Waals surface area contributed by atoms with Crippen molar-refractivity contribution in [1.82, 2.24) is 0 Å². The summed E-state index contributed by atoms with van der Waals surface area (Å²) in [7, 11) is 0. The van der Waals surface area contributed by atoms with Gasteiger partial charge in [0.15, 0.2) is 0 Å². The molecular weight excluding hydrogens is 271 g/mol. The number of hydrogen-bond acceptors (Lipinski definition) is 2. The molecule has 2 aliphatic rings. The minimum absolute atomic E-state index is 0.249. The summed E-state index contributed by atoms with van der Waals surface area (Å²) in [6.45, 7) is 0.249. The maximum atomic E-state index is 13.9. The molecule has 3 nitrogen and oxygen atoms in total. The van der Waals surface area contributed by atoms with Gasteiger partial charge in [-0.3, -0.25) is 0 Å². The van der Waals surface area contributed by atoms with Crippen molar-refractivity contribution in [2.24, 2.45) is 5.89 Å². The Balaban J connectivity index is 1.80. The molecule has 2 saturated carbocycles. The Kier molecular flexibility index (Phi) is 3.77. The summed E-state index contributed by atoms with van der Waals surface area (Å²) in [5, 5.41) is 9.05. The first-order valence-corrected chi connectivity index (χ1v) is 7.68. The maximum absolute atomic E-state index is 13.9. The fraction of sp³-hybridized carbons (Fsp3) is 0.588. The number of carbonyl (C=O) groups is 1. The highest BCUT2D eigenvalue weighted by Gasteiger charge is 2.29. The number of carboxylic acid groups (broad SMARTS) is 1. The van der Waals surface area contributed by atoms with Gasteiger partial charge in [0.25, 0.3) is 0 Å². The van der Waals surface area contributed by atoms with Crippen molar-refractivity contribution >= 4 is 5.97 Å². The third kappa shape index (κ3) is 3.36. The van der Waals surface area contributed by atoms with Gasteiger partial charge >= 0.3 is 5.97 Å². The van der Waals surface area contributed by atoms with Gasteiger partial charge in [0.05, 0.1) is 12.2 Å². The molecule has 0 radical (unpaired) electrons. The zero-order valence-corrected chi connectivity index (χ0v) is 12.0. The summed E-state index contributed by atoms with van der Waals surface area (Å²) in [6, 6.07) is 2.59. The molecule has 0 heterocycles. The molecule has 2 aliphatic carbocycles. The molecule has 0 unspecified atom stereocenters. The predicted octanol–water partition coefficient (Wildman–Crippen LogP) is 4.36. The van der Waals surface area contributed by atoms with Crippen LogP contribution in [0, 0.1) is 11.7 Å². The van der Waals surface area contributed by atoms with E-state index in [0.29, 0.717) is 5.75 Å². The molecule has 114 valence electrons. The van der Waals surface area contributed by atoms with E-state index in [2.05, 4.69) is 0 Å². The van der Waals surface area contributed by atoms with Gasteiger partial charge in [-0.15, -0.1) is 0 Å². The standard InChI is InChI=1S/C17H21FO3/c18-15-9-16(21-10-11-4-2-1-3-5-11)13(12-6-7-12)8-14(15)17(19)20/h8-9,11-12H,1-7,10H2,(H,19,20)/i11D. The first-order valence-electron chi connectivity index (χ1n) is 8.18. The largest absolute Gasteiger partial charge is 0.493 e. The van der Waals surface area contributed by atoms with Gasteiger partial charge < -0.3 is 9.84 Å². The molecule has 0 bridgehead atoms. The number of rotatable bonds is 5. The van der Waals surface area contributed by atoms with Gasteiger partial charge in [0.1, 0.15) is 11.6 Å². The molecule has 1 aromatic rings. The molecule has 0 atom stereocenters. The van der Waals surface area contributed by atoms with Crippen LogP contribution >= 0.6 is 0 Å². The number of hydrogen-bond donors (Lipinski definition) is 1. The highest BCUT2D eigenvalue weighted by molar-refractivity contribution is 5.88. The Morgan fingerprint density at radius 3 is 2.62 bits per heavy atom. The van der Waals surface area contributed by atoms with Crippen molar-refractivity contribution in [1.29, 1.82) is 0 Å². The van der Waals surface area contributed by atoms with E-state index in [0.717, 1.165) is 50.5 Å². The van der Waals surface area contributed by atoms with Gasteiger partial charge in [-0.25, -0.2) is 9.18 Å². The molecule has 0 amide bonds. The Morgan fingerprint density at radius 1 is 1.29 bits per heavy atom. The van der Waals surface area contributed by atoms with Crippen LogP contribution in [0.15, 0.2) is 12.1 Å². The summed E-state index contributed by atoms with van der Waals surface area (Å²) < 4.78 is 28.1. The van der Waals surface area contributed by atoms with Crippen LogP contribution in [-0.2, 0) is 0 Å². The molecule has 1 N–H and O–H groups in total. The fourth-order valence-electron chi connectivity index (χ4n) is 2.95. The van der Waals surface area contributed by atoms with Crippen LogP contribution in [-0.4, -0.2) is 17.7 Å². The van der Waals surface area contributed by atoms with Crippen molar-refractivity contribution in [3.05, 3.63) is 29.1 Å². The van der Waals surface area contributed by atoms with E-state index in [1.54, 1.807) is 0 Å². The molecule has 21 heavy (non-hydrogen) atoms. The first kappa shape index (κ1) is 13.1. The molecule has 0 aromatic heterocycles. The highest BCUT2D eigenvalue weighted by Crippen LogP contribution is 2.45. The molecule has 0 spiro atoms. The summed E-state index contributed by atoms with van der Waals surface area (Å²) in [4.78, 5) is 11.1. The van der Waals surface area contributed by atoms with Gasteiger partial charge in [0.2, 0.25) is 0 Å². The van der Waals surface area contributed by atoms with Crippen molar-refractivity contribution in [3.8, 4) is 5.75 Å². The number of halogens is 1. The predicted molar refractivity (Wildman–Crippen MR) is 77.4 cm³/mol. The van der Waals surface area contributed by atoms with Crippen LogP contribution in [0.1, 0.15) is 68.2 Å². The lowest BCUT2D eigenvalue weighted by atomic mass is 9.90. The summed E-state index contributed by atoms with van der Waals surface area (Å²) >= 11 is 0. The smallest absolute Gasteiger partial charge is 0.338 e. The van der Waals surface area contributed by atoms with Gasteiger partial charge in [-0.05, 0) is 49.1 Å². The molecule has 2 fully saturated rings. The van der Waals surface area contributed by atoms with Gasteiger partial charge in [0, 0.05) is 7.44 Å². The topological polar surface area (TPSA) is 46.5 Å². The number of carboxylic acids is 1. The monoisotopic (exact) mass is 293 g/mol. The van der Waals surface area contributed by atoms with Crippen molar-refractivity contribution in [2.75, 3.05) is 6.61 Å². The van der Waals surface area contributed by atoms with Crippen LogP contribution in [0.25, 0.3) is 0 Å². The second-order valence-corrected chi connectivity index (χ2v) is 6.05. The second kappa shape index (κ2) is 6.04. The van der Waals surface area contributed by atoms with Crippen LogP contribution in [0.4, 0.5) is 4.39 Å². The Labute approximate surface area is 125 Å². The summed E-state index contributed by atoms with van der Waals surface area (Å²) in [5.41, 5.74) is 0.478. The van der Waals surface area contributed by atoms with Crippen LogP contribution < -0.4 is 4.74 Å². The van der Waals surface area contributed by atoms with Crippen molar-refractivity contribution in [3.63, 3.8) is 0 Å². The Morgan fingerprint density at radius 2 is 2.00 bits per heavy atom. The first-order chi connectivity index (χ1) is 10.5. The normalized spacial score (nSPS) is 21.7.